The minimum atomic E-state index is -0.801. The van der Waals surface area contributed by atoms with Crippen molar-refractivity contribution >= 4 is 5.97 Å². The summed E-state index contributed by atoms with van der Waals surface area (Å²) in [6.07, 6.45) is 0.649. The monoisotopic (exact) mass is 216 g/mol. The topological polar surface area (TPSA) is 52.6 Å². The summed E-state index contributed by atoms with van der Waals surface area (Å²) >= 11 is 0. The molecule has 90 valence electrons. The van der Waals surface area contributed by atoms with Gasteiger partial charge in [-0.25, -0.2) is 0 Å². The van der Waals surface area contributed by atoms with E-state index in [4.69, 9.17) is 0 Å². The summed E-state index contributed by atoms with van der Waals surface area (Å²) in [4.78, 5) is 13.2. The SMILES string of the molecule is CC(C)CC(C)(NCCN(C)C)C(=O)O. The molecule has 0 aromatic rings. The van der Waals surface area contributed by atoms with E-state index in [9.17, 15) is 9.90 Å². The molecule has 0 spiro atoms. The number of carboxylic acids is 1. The molecular weight excluding hydrogens is 192 g/mol. The summed E-state index contributed by atoms with van der Waals surface area (Å²) in [6.45, 7) is 7.37. The number of carboxylic acid groups (broad SMARTS) is 1. The summed E-state index contributed by atoms with van der Waals surface area (Å²) in [6, 6.07) is 0. The highest BCUT2D eigenvalue weighted by Gasteiger charge is 2.32. The Bertz CT molecular complexity index is 205. The Morgan fingerprint density at radius 1 is 1.47 bits per heavy atom. The van der Waals surface area contributed by atoms with Crippen LogP contribution in [0.1, 0.15) is 27.2 Å². The predicted octanol–water partition coefficient (Wildman–Crippen LogP) is 1.03. The van der Waals surface area contributed by atoms with Crippen molar-refractivity contribution in [3.05, 3.63) is 0 Å². The van der Waals surface area contributed by atoms with E-state index in [1.807, 2.05) is 32.8 Å². The van der Waals surface area contributed by atoms with E-state index in [1.165, 1.54) is 0 Å². The Balaban J connectivity index is 4.20. The van der Waals surface area contributed by atoms with Crippen molar-refractivity contribution in [2.75, 3.05) is 27.2 Å². The fraction of sp³-hybridized carbons (Fsp3) is 0.909. The van der Waals surface area contributed by atoms with Crippen LogP contribution in [-0.2, 0) is 4.79 Å². The van der Waals surface area contributed by atoms with Crippen molar-refractivity contribution in [3.8, 4) is 0 Å². The second-order valence-corrected chi connectivity index (χ2v) is 4.97. The third-order valence-electron chi connectivity index (χ3n) is 2.36. The zero-order valence-electron chi connectivity index (χ0n) is 10.5. The molecule has 0 aliphatic carbocycles. The van der Waals surface area contributed by atoms with Crippen LogP contribution < -0.4 is 5.32 Å². The molecule has 4 nitrogen and oxygen atoms in total. The van der Waals surface area contributed by atoms with E-state index in [2.05, 4.69) is 5.32 Å². The van der Waals surface area contributed by atoms with Crippen molar-refractivity contribution in [3.63, 3.8) is 0 Å². The van der Waals surface area contributed by atoms with Gasteiger partial charge >= 0.3 is 5.97 Å². The maximum atomic E-state index is 11.2. The molecule has 0 fully saturated rings. The quantitative estimate of drug-likeness (QED) is 0.667. The Kier molecular flexibility index (Phi) is 5.83. The van der Waals surface area contributed by atoms with Gasteiger partial charge in [-0.15, -0.1) is 0 Å². The van der Waals surface area contributed by atoms with Gasteiger partial charge in [0.05, 0.1) is 0 Å². The Labute approximate surface area is 92.7 Å². The smallest absolute Gasteiger partial charge is 0.323 e. The molecule has 0 aromatic heterocycles. The molecule has 0 amide bonds. The number of nitrogens with one attached hydrogen (secondary N) is 1. The van der Waals surface area contributed by atoms with Crippen LogP contribution >= 0.6 is 0 Å². The van der Waals surface area contributed by atoms with Crippen LogP contribution in [0.5, 0.6) is 0 Å². The fourth-order valence-corrected chi connectivity index (χ4v) is 1.61. The second-order valence-electron chi connectivity index (χ2n) is 4.97. The molecule has 0 bridgehead atoms. The Morgan fingerprint density at radius 3 is 2.33 bits per heavy atom. The highest BCUT2D eigenvalue weighted by atomic mass is 16.4. The maximum Gasteiger partial charge on any atom is 0.323 e. The van der Waals surface area contributed by atoms with Gasteiger partial charge < -0.3 is 15.3 Å². The zero-order valence-corrected chi connectivity index (χ0v) is 10.5. The second kappa shape index (κ2) is 6.08. The Morgan fingerprint density at radius 2 is 2.00 bits per heavy atom. The molecule has 0 aromatic carbocycles. The number of hydrogen-bond donors (Lipinski definition) is 2. The molecule has 4 heteroatoms. The zero-order chi connectivity index (χ0) is 12.1. The van der Waals surface area contributed by atoms with Crippen LogP contribution in [0.15, 0.2) is 0 Å². The van der Waals surface area contributed by atoms with Crippen LogP contribution in [-0.4, -0.2) is 48.7 Å². The third kappa shape index (κ3) is 5.74. The van der Waals surface area contributed by atoms with Crippen LogP contribution in [0.4, 0.5) is 0 Å². The molecule has 15 heavy (non-hydrogen) atoms. The molecule has 2 N–H and O–H groups in total. The van der Waals surface area contributed by atoms with Crippen molar-refractivity contribution in [2.24, 2.45) is 5.92 Å². The number of aliphatic carboxylic acids is 1. The van der Waals surface area contributed by atoms with E-state index >= 15 is 0 Å². The van der Waals surface area contributed by atoms with Gasteiger partial charge in [0, 0.05) is 13.1 Å². The molecule has 0 aliphatic heterocycles. The molecule has 0 aliphatic rings. The van der Waals surface area contributed by atoms with Crippen molar-refractivity contribution in [2.45, 2.75) is 32.7 Å². The molecule has 0 saturated heterocycles. The van der Waals surface area contributed by atoms with Crippen molar-refractivity contribution in [1.29, 1.82) is 0 Å². The van der Waals surface area contributed by atoms with Gasteiger partial charge in [0.25, 0.3) is 0 Å². The summed E-state index contributed by atoms with van der Waals surface area (Å²) in [5.41, 5.74) is -0.801. The molecule has 0 rings (SSSR count). The molecule has 0 radical (unpaired) electrons. The van der Waals surface area contributed by atoms with Crippen LogP contribution in [0, 0.1) is 5.92 Å². The predicted molar refractivity (Wildman–Crippen MR) is 62.1 cm³/mol. The van der Waals surface area contributed by atoms with E-state index < -0.39 is 11.5 Å². The van der Waals surface area contributed by atoms with Gasteiger partial charge in [0.2, 0.25) is 0 Å². The first kappa shape index (κ1) is 14.4. The number of nitrogens with zero attached hydrogens (tertiary/aromatic N) is 1. The summed E-state index contributed by atoms with van der Waals surface area (Å²) in [5, 5.41) is 12.3. The summed E-state index contributed by atoms with van der Waals surface area (Å²) in [5.74, 6) is -0.395. The van der Waals surface area contributed by atoms with Gasteiger partial charge in [-0.2, -0.15) is 0 Å². The van der Waals surface area contributed by atoms with Crippen molar-refractivity contribution in [1.82, 2.24) is 10.2 Å². The van der Waals surface area contributed by atoms with Crippen molar-refractivity contribution < 1.29 is 9.90 Å². The third-order valence-corrected chi connectivity index (χ3v) is 2.36. The number of carbonyl (C=O) groups is 1. The molecule has 1 unspecified atom stereocenters. The van der Waals surface area contributed by atoms with Gasteiger partial charge in [0.1, 0.15) is 5.54 Å². The minimum Gasteiger partial charge on any atom is -0.480 e. The largest absolute Gasteiger partial charge is 0.480 e. The van der Waals surface area contributed by atoms with E-state index in [0.717, 1.165) is 6.54 Å². The standard InChI is InChI=1S/C11H24N2O2/c1-9(2)8-11(3,10(14)15)12-6-7-13(4)5/h9,12H,6-8H2,1-5H3,(H,14,15). The Hall–Kier alpha value is -0.610. The van der Waals surface area contributed by atoms with Gasteiger partial charge in [-0.3, -0.25) is 4.79 Å². The summed E-state index contributed by atoms with van der Waals surface area (Å²) in [7, 11) is 3.95. The highest BCUT2D eigenvalue weighted by Crippen LogP contribution is 2.16. The lowest BCUT2D eigenvalue weighted by Crippen LogP contribution is -2.52. The lowest BCUT2D eigenvalue weighted by molar-refractivity contribution is -0.144. The molecule has 0 heterocycles. The van der Waals surface area contributed by atoms with E-state index in [-0.39, 0.29) is 0 Å². The van der Waals surface area contributed by atoms with Crippen LogP contribution in [0.3, 0.4) is 0 Å². The van der Waals surface area contributed by atoms with Gasteiger partial charge in [-0.05, 0) is 33.4 Å². The first-order chi connectivity index (χ1) is 6.78. The summed E-state index contributed by atoms with van der Waals surface area (Å²) < 4.78 is 0. The lowest BCUT2D eigenvalue weighted by Gasteiger charge is -2.28. The first-order valence-electron chi connectivity index (χ1n) is 5.41. The van der Waals surface area contributed by atoms with Crippen LogP contribution in [0.25, 0.3) is 0 Å². The normalized spacial score (nSPS) is 15.7. The van der Waals surface area contributed by atoms with E-state index in [0.29, 0.717) is 18.9 Å². The van der Waals surface area contributed by atoms with Gasteiger partial charge in [0.15, 0.2) is 0 Å². The molecular formula is C11H24N2O2. The fourth-order valence-electron chi connectivity index (χ4n) is 1.61. The molecule has 1 atom stereocenters. The van der Waals surface area contributed by atoms with Gasteiger partial charge in [-0.1, -0.05) is 13.8 Å². The average molecular weight is 216 g/mol. The average Bonchev–Trinajstić information content (AvgIpc) is 2.01. The van der Waals surface area contributed by atoms with Crippen LogP contribution in [0.2, 0.25) is 0 Å². The first-order valence-corrected chi connectivity index (χ1v) is 5.41. The minimum absolute atomic E-state index is 0.373. The van der Waals surface area contributed by atoms with E-state index in [1.54, 1.807) is 6.92 Å². The number of rotatable bonds is 7. The lowest BCUT2D eigenvalue weighted by atomic mass is 9.91. The molecule has 0 saturated carbocycles. The highest BCUT2D eigenvalue weighted by molar-refractivity contribution is 5.78. The number of likely N-dealkylation sites (N-methyl/N-ethyl adjacent to an activating group) is 1. The maximum absolute atomic E-state index is 11.2. The number of hydrogen-bond acceptors (Lipinski definition) is 3.